The number of fused-ring (bicyclic) bond motifs is 1. The van der Waals surface area contributed by atoms with Gasteiger partial charge in [-0.05, 0) is 24.6 Å². The number of halogens is 1. The van der Waals surface area contributed by atoms with Crippen molar-refractivity contribution in [2.24, 2.45) is 0 Å². The highest BCUT2D eigenvalue weighted by atomic mass is 35.5. The lowest BCUT2D eigenvalue weighted by Crippen LogP contribution is -2.04. The van der Waals surface area contributed by atoms with E-state index in [9.17, 15) is 4.79 Å². The van der Waals surface area contributed by atoms with Crippen molar-refractivity contribution in [2.45, 2.75) is 6.92 Å². The normalized spacial score (nSPS) is 10.5. The molecule has 0 saturated carbocycles. The van der Waals surface area contributed by atoms with E-state index >= 15 is 0 Å². The van der Waals surface area contributed by atoms with Gasteiger partial charge in [0.1, 0.15) is 5.15 Å². The van der Waals surface area contributed by atoms with E-state index < -0.39 is 5.97 Å². The average Bonchev–Trinajstić information content (AvgIpc) is 2.16. The number of aryl methyl sites for hydroxylation is 1. The third kappa shape index (κ3) is 1.76. The fourth-order valence-electron chi connectivity index (χ4n) is 1.30. The Morgan fingerprint density at radius 3 is 2.80 bits per heavy atom. The summed E-state index contributed by atoms with van der Waals surface area (Å²) < 4.78 is 0. The van der Waals surface area contributed by atoms with Crippen LogP contribution in [-0.2, 0) is 0 Å². The smallest absolute Gasteiger partial charge is 0.374 e. The number of carboxylic acid groups (broad SMARTS) is 1. The Balaban J connectivity index is 2.79. The van der Waals surface area contributed by atoms with E-state index in [-0.39, 0.29) is 11.0 Å². The number of nitrogens with zero attached hydrogens (tertiary/aromatic N) is 2. The molecule has 1 aromatic carbocycles. The van der Waals surface area contributed by atoms with Gasteiger partial charge in [-0.2, -0.15) is 0 Å². The van der Waals surface area contributed by atoms with Crippen molar-refractivity contribution in [2.75, 3.05) is 0 Å². The van der Waals surface area contributed by atoms with Gasteiger partial charge in [0.05, 0.1) is 5.52 Å². The predicted molar refractivity (Wildman–Crippen MR) is 56.2 cm³/mol. The van der Waals surface area contributed by atoms with Gasteiger partial charge in [0.15, 0.2) is 0 Å². The van der Waals surface area contributed by atoms with Crippen LogP contribution in [0.1, 0.15) is 16.2 Å². The molecule has 0 aliphatic heterocycles. The summed E-state index contributed by atoms with van der Waals surface area (Å²) in [4.78, 5) is 18.3. The van der Waals surface area contributed by atoms with Gasteiger partial charge in [0.2, 0.25) is 5.82 Å². The Kier molecular flexibility index (Phi) is 2.28. The zero-order chi connectivity index (χ0) is 11.0. The molecule has 0 saturated heterocycles. The molecule has 0 spiro atoms. The van der Waals surface area contributed by atoms with Crippen LogP contribution in [0.3, 0.4) is 0 Å². The van der Waals surface area contributed by atoms with Gasteiger partial charge in [0.25, 0.3) is 0 Å². The highest BCUT2D eigenvalue weighted by molar-refractivity contribution is 6.34. The fraction of sp³-hybridized carbons (Fsp3) is 0.100. The van der Waals surface area contributed by atoms with Crippen LogP contribution in [0, 0.1) is 6.92 Å². The second kappa shape index (κ2) is 3.47. The Labute approximate surface area is 90.5 Å². The largest absolute Gasteiger partial charge is 0.475 e. The molecule has 0 amide bonds. The van der Waals surface area contributed by atoms with Crippen LogP contribution < -0.4 is 0 Å². The van der Waals surface area contributed by atoms with Gasteiger partial charge < -0.3 is 5.11 Å². The van der Waals surface area contributed by atoms with Gasteiger partial charge in [0, 0.05) is 5.39 Å². The molecule has 0 unspecified atom stereocenters. The standard InChI is InChI=1S/C10H7ClN2O2/c1-5-2-3-6-7(4-5)12-9(10(14)15)13-8(6)11/h2-4H,1H3,(H,14,15). The summed E-state index contributed by atoms with van der Waals surface area (Å²) >= 11 is 5.84. The van der Waals surface area contributed by atoms with Gasteiger partial charge >= 0.3 is 5.97 Å². The molecule has 0 radical (unpaired) electrons. The second-order valence-electron chi connectivity index (χ2n) is 3.16. The number of carboxylic acids is 1. The second-order valence-corrected chi connectivity index (χ2v) is 3.52. The highest BCUT2D eigenvalue weighted by Gasteiger charge is 2.11. The minimum Gasteiger partial charge on any atom is -0.475 e. The summed E-state index contributed by atoms with van der Waals surface area (Å²) in [5.74, 6) is -1.46. The third-order valence-electron chi connectivity index (χ3n) is 2.00. The van der Waals surface area contributed by atoms with Crippen LogP contribution in [0.4, 0.5) is 0 Å². The van der Waals surface area contributed by atoms with Crippen molar-refractivity contribution in [3.63, 3.8) is 0 Å². The van der Waals surface area contributed by atoms with E-state index in [1.54, 1.807) is 12.1 Å². The molecule has 2 aromatic rings. The molecule has 76 valence electrons. The van der Waals surface area contributed by atoms with E-state index in [0.29, 0.717) is 10.9 Å². The van der Waals surface area contributed by atoms with E-state index in [1.165, 1.54) is 0 Å². The average molecular weight is 223 g/mol. The molecule has 0 aliphatic rings. The van der Waals surface area contributed by atoms with Crippen LogP contribution >= 0.6 is 11.6 Å². The van der Waals surface area contributed by atoms with Crippen molar-refractivity contribution in [1.82, 2.24) is 9.97 Å². The number of aromatic nitrogens is 2. The summed E-state index contributed by atoms with van der Waals surface area (Å²) in [7, 11) is 0. The first kappa shape index (κ1) is 9.86. The van der Waals surface area contributed by atoms with Crippen LogP contribution in [-0.4, -0.2) is 21.0 Å². The van der Waals surface area contributed by atoms with Gasteiger partial charge in [-0.3, -0.25) is 0 Å². The molecule has 5 heteroatoms. The van der Waals surface area contributed by atoms with Gasteiger partial charge in [-0.15, -0.1) is 0 Å². The molecule has 15 heavy (non-hydrogen) atoms. The number of hydrogen-bond donors (Lipinski definition) is 1. The molecular formula is C10H7ClN2O2. The number of rotatable bonds is 1. The van der Waals surface area contributed by atoms with Crippen molar-refractivity contribution in [1.29, 1.82) is 0 Å². The summed E-state index contributed by atoms with van der Waals surface area (Å²) in [5, 5.41) is 9.58. The van der Waals surface area contributed by atoms with Gasteiger partial charge in [-0.25, -0.2) is 14.8 Å². The van der Waals surface area contributed by atoms with Crippen molar-refractivity contribution >= 4 is 28.5 Å². The summed E-state index contributed by atoms with van der Waals surface area (Å²) in [5.41, 5.74) is 1.54. The Bertz CT molecular complexity index is 554. The molecule has 4 nitrogen and oxygen atoms in total. The number of aromatic carboxylic acids is 1. The third-order valence-corrected chi connectivity index (χ3v) is 2.29. The zero-order valence-electron chi connectivity index (χ0n) is 7.86. The molecule has 1 aromatic heterocycles. The summed E-state index contributed by atoms with van der Waals surface area (Å²) in [6, 6.07) is 5.42. The van der Waals surface area contributed by atoms with Crippen LogP contribution in [0.5, 0.6) is 0 Å². The molecule has 1 N–H and O–H groups in total. The lowest BCUT2D eigenvalue weighted by Gasteiger charge is -2.01. The number of hydrogen-bond acceptors (Lipinski definition) is 3. The minimum absolute atomic E-state index is 0.164. The van der Waals surface area contributed by atoms with Crippen molar-refractivity contribution < 1.29 is 9.90 Å². The Hall–Kier alpha value is -1.68. The minimum atomic E-state index is -1.18. The Morgan fingerprint density at radius 1 is 1.40 bits per heavy atom. The molecular weight excluding hydrogens is 216 g/mol. The maximum Gasteiger partial charge on any atom is 0.374 e. The molecule has 2 rings (SSSR count). The monoisotopic (exact) mass is 222 g/mol. The molecule has 1 heterocycles. The van der Waals surface area contributed by atoms with Crippen LogP contribution in [0.15, 0.2) is 18.2 Å². The maximum absolute atomic E-state index is 10.7. The van der Waals surface area contributed by atoms with Crippen LogP contribution in [0.25, 0.3) is 10.9 Å². The lowest BCUT2D eigenvalue weighted by atomic mass is 10.2. The number of benzene rings is 1. The molecule has 0 fully saturated rings. The van der Waals surface area contributed by atoms with E-state index in [1.807, 2.05) is 13.0 Å². The molecule has 0 bridgehead atoms. The quantitative estimate of drug-likeness (QED) is 0.752. The summed E-state index contributed by atoms with van der Waals surface area (Å²) in [6.45, 7) is 1.90. The highest BCUT2D eigenvalue weighted by Crippen LogP contribution is 2.21. The van der Waals surface area contributed by atoms with E-state index in [0.717, 1.165) is 5.56 Å². The first-order valence-electron chi connectivity index (χ1n) is 4.25. The van der Waals surface area contributed by atoms with Gasteiger partial charge in [-0.1, -0.05) is 17.7 Å². The first-order valence-corrected chi connectivity index (χ1v) is 4.63. The zero-order valence-corrected chi connectivity index (χ0v) is 8.62. The van der Waals surface area contributed by atoms with Crippen molar-refractivity contribution in [3.8, 4) is 0 Å². The van der Waals surface area contributed by atoms with E-state index in [4.69, 9.17) is 16.7 Å². The Morgan fingerprint density at radius 2 is 2.13 bits per heavy atom. The van der Waals surface area contributed by atoms with E-state index in [2.05, 4.69) is 9.97 Å². The molecule has 0 aliphatic carbocycles. The maximum atomic E-state index is 10.7. The fourth-order valence-corrected chi connectivity index (χ4v) is 1.54. The van der Waals surface area contributed by atoms with Crippen LogP contribution in [0.2, 0.25) is 5.15 Å². The predicted octanol–water partition coefficient (Wildman–Crippen LogP) is 2.29. The first-order chi connectivity index (χ1) is 7.08. The number of carbonyl (C=O) groups is 1. The topological polar surface area (TPSA) is 63.1 Å². The lowest BCUT2D eigenvalue weighted by molar-refractivity contribution is 0.0684. The van der Waals surface area contributed by atoms with Crippen molar-refractivity contribution in [3.05, 3.63) is 34.7 Å². The SMILES string of the molecule is Cc1ccc2c(Cl)nc(C(=O)O)nc2c1. The summed E-state index contributed by atoms with van der Waals surface area (Å²) in [6.07, 6.45) is 0. The molecule has 0 atom stereocenters.